The van der Waals surface area contributed by atoms with Crippen molar-refractivity contribution in [2.45, 2.75) is 0 Å². The highest BCUT2D eigenvalue weighted by atomic mass is 35.5. The summed E-state index contributed by atoms with van der Waals surface area (Å²) < 4.78 is 27.5. The lowest BCUT2D eigenvalue weighted by molar-refractivity contribution is 0.392. The van der Waals surface area contributed by atoms with Crippen LogP contribution in [0.3, 0.4) is 0 Å². The van der Waals surface area contributed by atoms with Gasteiger partial charge in [-0.1, -0.05) is 48.0 Å². The Kier molecular flexibility index (Phi) is 5.73. The molecule has 5 aromatic rings. The van der Waals surface area contributed by atoms with Crippen molar-refractivity contribution >= 4 is 36.1 Å². The van der Waals surface area contributed by atoms with E-state index in [2.05, 4.69) is 15.1 Å². The van der Waals surface area contributed by atoms with E-state index in [0.29, 0.717) is 28.3 Å². The number of para-hydroxylation sites is 2. The van der Waals surface area contributed by atoms with Crippen LogP contribution in [0, 0.1) is 0 Å². The van der Waals surface area contributed by atoms with Crippen molar-refractivity contribution in [3.8, 4) is 17.4 Å². The van der Waals surface area contributed by atoms with Crippen LogP contribution in [0.15, 0.2) is 103 Å². The van der Waals surface area contributed by atoms with Crippen LogP contribution in [0.5, 0.6) is 11.5 Å². The van der Waals surface area contributed by atoms with Gasteiger partial charge in [-0.3, -0.25) is 9.65 Å². The lowest BCUT2D eigenvalue weighted by Gasteiger charge is -2.21. The van der Waals surface area contributed by atoms with Crippen molar-refractivity contribution in [2.24, 2.45) is 0 Å². The first-order valence-electron chi connectivity index (χ1n) is 10.1. The predicted molar refractivity (Wildman–Crippen MR) is 129 cm³/mol. The summed E-state index contributed by atoms with van der Waals surface area (Å²) >= 11 is 6.21. The van der Waals surface area contributed by atoms with Crippen LogP contribution < -0.4 is 14.1 Å². The third kappa shape index (κ3) is 4.70. The van der Waals surface area contributed by atoms with Gasteiger partial charge in [0.2, 0.25) is 5.95 Å². The molecule has 0 aliphatic carbocycles. The number of fused-ring (bicyclic) bond motifs is 1. The van der Waals surface area contributed by atoms with Crippen LogP contribution in [-0.4, -0.2) is 14.5 Å². The van der Waals surface area contributed by atoms with Crippen molar-refractivity contribution in [2.75, 3.05) is 5.09 Å². The zero-order valence-corrected chi connectivity index (χ0v) is 18.9. The molecule has 0 amide bonds. The Hall–Kier alpha value is -3.80. The maximum absolute atomic E-state index is 14.0. The van der Waals surface area contributed by atoms with Crippen molar-refractivity contribution in [1.29, 1.82) is 0 Å². The van der Waals surface area contributed by atoms with E-state index in [9.17, 15) is 4.57 Å². The third-order valence-electron chi connectivity index (χ3n) is 4.70. The molecule has 3 aromatic carbocycles. The van der Waals surface area contributed by atoms with Gasteiger partial charge >= 0.3 is 7.75 Å². The summed E-state index contributed by atoms with van der Waals surface area (Å²) in [5.74, 6) is 1.61. The molecule has 0 fully saturated rings. The van der Waals surface area contributed by atoms with Crippen LogP contribution in [0.1, 0.15) is 0 Å². The zero-order valence-electron chi connectivity index (χ0n) is 17.2. The Morgan fingerprint density at radius 2 is 1.39 bits per heavy atom. The molecule has 2 heterocycles. The number of rotatable bonds is 7. The maximum Gasteiger partial charge on any atom is 0.542 e. The van der Waals surface area contributed by atoms with E-state index in [1.54, 1.807) is 83.7 Å². The van der Waals surface area contributed by atoms with E-state index in [-0.39, 0.29) is 0 Å². The molecule has 0 spiro atoms. The molecule has 0 saturated heterocycles. The summed E-state index contributed by atoms with van der Waals surface area (Å²) in [6.45, 7) is 0. The first kappa shape index (κ1) is 21.1. The fourth-order valence-electron chi connectivity index (χ4n) is 3.34. The highest BCUT2D eigenvalue weighted by molar-refractivity contribution is 7.56. The lowest BCUT2D eigenvalue weighted by atomic mass is 10.2. The van der Waals surface area contributed by atoms with Gasteiger partial charge < -0.3 is 9.05 Å². The number of halogens is 1. The van der Waals surface area contributed by atoms with Crippen molar-refractivity contribution in [1.82, 2.24) is 14.5 Å². The highest BCUT2D eigenvalue weighted by Gasteiger charge is 2.31. The topological polar surface area (TPSA) is 78.3 Å². The summed E-state index contributed by atoms with van der Waals surface area (Å²) in [5, 5.41) is 4.36. The number of nitrogens with zero attached hydrogens (tertiary/aromatic N) is 3. The molecular formula is C24H18ClN4O3P. The lowest BCUT2D eigenvalue weighted by Crippen LogP contribution is -2.13. The van der Waals surface area contributed by atoms with Gasteiger partial charge in [-0.15, -0.1) is 0 Å². The van der Waals surface area contributed by atoms with Crippen LogP contribution in [0.25, 0.3) is 16.9 Å². The zero-order chi connectivity index (χ0) is 22.7. The summed E-state index contributed by atoms with van der Waals surface area (Å²) in [6.07, 6.45) is 3.27. The molecule has 33 heavy (non-hydrogen) atoms. The normalized spacial score (nSPS) is 11.3. The molecule has 5 rings (SSSR count). The average molecular weight is 477 g/mol. The number of hydrogen-bond acceptors (Lipinski definition) is 5. The van der Waals surface area contributed by atoms with Gasteiger partial charge in [0.05, 0.1) is 5.52 Å². The fourth-order valence-corrected chi connectivity index (χ4v) is 4.89. The van der Waals surface area contributed by atoms with Gasteiger partial charge in [-0.05, 0) is 54.6 Å². The van der Waals surface area contributed by atoms with Crippen LogP contribution in [0.2, 0.25) is 5.02 Å². The van der Waals surface area contributed by atoms with Crippen molar-refractivity contribution < 1.29 is 13.6 Å². The molecule has 2 aromatic heterocycles. The standard InChI is InChI=1S/C24H18ClN4O3P/c25-19-12-13-22-18(16-19)17-23(29(22)24-26-14-7-15-27-24)28-33(30,31-20-8-3-1-4-9-20)32-21-10-5-2-6-11-21/h1-17H,(H,28,30). The molecule has 0 atom stereocenters. The molecule has 0 unspecified atom stereocenters. The first-order valence-corrected chi connectivity index (χ1v) is 12.0. The molecule has 0 radical (unpaired) electrons. The Morgan fingerprint density at radius 3 is 2.00 bits per heavy atom. The van der Waals surface area contributed by atoms with E-state index in [4.69, 9.17) is 20.6 Å². The summed E-state index contributed by atoms with van der Waals surface area (Å²) in [7, 11) is -3.96. The Bertz CT molecular complexity index is 1380. The van der Waals surface area contributed by atoms with Gasteiger partial charge in [0.25, 0.3) is 0 Å². The van der Waals surface area contributed by atoms with Crippen LogP contribution in [0.4, 0.5) is 5.82 Å². The number of nitrogens with one attached hydrogen (secondary N) is 1. The number of anilines is 1. The minimum absolute atomic E-state index is 0.392. The number of benzene rings is 3. The monoisotopic (exact) mass is 476 g/mol. The van der Waals surface area contributed by atoms with E-state index in [1.165, 1.54) is 0 Å². The predicted octanol–water partition coefficient (Wildman–Crippen LogP) is 6.75. The Balaban J connectivity index is 1.61. The van der Waals surface area contributed by atoms with Crippen molar-refractivity contribution in [3.63, 3.8) is 0 Å². The molecule has 0 saturated carbocycles. The second-order valence-corrected chi connectivity index (χ2v) is 9.05. The molecule has 0 aliphatic rings. The SMILES string of the molecule is O=P(Nc1cc2cc(Cl)ccc2n1-c1ncccn1)(Oc1ccccc1)Oc1ccccc1. The minimum Gasteiger partial charge on any atom is -0.400 e. The van der Waals surface area contributed by atoms with Gasteiger partial charge in [-0.2, -0.15) is 0 Å². The Labute approximate surface area is 195 Å². The largest absolute Gasteiger partial charge is 0.542 e. The molecule has 7 nitrogen and oxygen atoms in total. The molecule has 0 aliphatic heterocycles. The smallest absolute Gasteiger partial charge is 0.400 e. The number of hydrogen-bond donors (Lipinski definition) is 1. The molecular weight excluding hydrogens is 459 g/mol. The van der Waals surface area contributed by atoms with E-state index < -0.39 is 7.75 Å². The van der Waals surface area contributed by atoms with E-state index in [1.807, 2.05) is 24.3 Å². The summed E-state index contributed by atoms with van der Waals surface area (Å²) in [5.41, 5.74) is 0.777. The van der Waals surface area contributed by atoms with Crippen molar-refractivity contribution in [3.05, 3.63) is 108 Å². The van der Waals surface area contributed by atoms with Crippen LogP contribution >= 0.6 is 19.3 Å². The molecule has 164 valence electrons. The third-order valence-corrected chi connectivity index (χ3v) is 6.35. The summed E-state index contributed by atoms with van der Waals surface area (Å²) in [6, 6.07) is 26.6. The highest BCUT2D eigenvalue weighted by Crippen LogP contribution is 2.49. The van der Waals surface area contributed by atoms with Gasteiger partial charge in [0.15, 0.2) is 0 Å². The van der Waals surface area contributed by atoms with Crippen LogP contribution in [-0.2, 0) is 4.57 Å². The quantitative estimate of drug-likeness (QED) is 0.262. The number of aromatic nitrogens is 3. The minimum atomic E-state index is -3.96. The maximum atomic E-state index is 14.0. The van der Waals surface area contributed by atoms with E-state index >= 15 is 0 Å². The van der Waals surface area contributed by atoms with Gasteiger partial charge in [0, 0.05) is 22.8 Å². The van der Waals surface area contributed by atoms with E-state index in [0.717, 1.165) is 10.9 Å². The molecule has 9 heteroatoms. The Morgan fingerprint density at radius 1 is 0.788 bits per heavy atom. The van der Waals surface area contributed by atoms with Gasteiger partial charge in [-0.25, -0.2) is 14.5 Å². The molecule has 1 N–H and O–H groups in total. The second-order valence-electron chi connectivity index (χ2n) is 7.03. The summed E-state index contributed by atoms with van der Waals surface area (Å²) in [4.78, 5) is 8.72. The first-order chi connectivity index (χ1) is 16.1. The fraction of sp³-hybridized carbons (Fsp3) is 0. The van der Waals surface area contributed by atoms with Gasteiger partial charge in [0.1, 0.15) is 17.3 Å². The average Bonchev–Trinajstić information content (AvgIpc) is 3.17. The molecule has 0 bridgehead atoms. The second kappa shape index (κ2) is 8.98.